The largest absolute Gasteiger partial charge is 0.407 e. The Bertz CT molecular complexity index is 495. The van der Waals surface area contributed by atoms with Crippen molar-refractivity contribution in [2.24, 2.45) is 5.73 Å². The Labute approximate surface area is 100 Å². The summed E-state index contributed by atoms with van der Waals surface area (Å²) < 4.78 is 5.38. The van der Waals surface area contributed by atoms with Crippen molar-refractivity contribution in [3.05, 3.63) is 41.3 Å². The minimum atomic E-state index is 0.269. The first kappa shape index (κ1) is 11.6. The van der Waals surface area contributed by atoms with Crippen LogP contribution in [0, 0.1) is 6.92 Å². The summed E-state index contributed by atoms with van der Waals surface area (Å²) >= 11 is 0. The third-order valence-corrected chi connectivity index (χ3v) is 2.46. The summed E-state index contributed by atoms with van der Waals surface area (Å²) in [4.78, 5) is 1.90. The van der Waals surface area contributed by atoms with Crippen LogP contribution in [0.25, 0.3) is 0 Å². The van der Waals surface area contributed by atoms with Crippen LogP contribution in [0.2, 0.25) is 0 Å². The normalized spacial score (nSPS) is 10.5. The molecule has 5 nitrogen and oxygen atoms in total. The molecule has 1 aromatic carbocycles. The number of rotatable bonds is 4. The van der Waals surface area contributed by atoms with Gasteiger partial charge in [-0.1, -0.05) is 34.9 Å². The third kappa shape index (κ3) is 2.82. The van der Waals surface area contributed by atoms with Crippen molar-refractivity contribution in [2.75, 3.05) is 11.9 Å². The zero-order valence-electron chi connectivity index (χ0n) is 10.1. The van der Waals surface area contributed by atoms with E-state index in [4.69, 9.17) is 10.2 Å². The SMILES string of the molecule is Cc1cccc(CN(C)c2nnc(CN)o2)c1. The minimum absolute atomic E-state index is 0.269. The van der Waals surface area contributed by atoms with E-state index in [2.05, 4.69) is 35.3 Å². The number of hydrogen-bond donors (Lipinski definition) is 1. The fourth-order valence-electron chi connectivity index (χ4n) is 1.63. The summed E-state index contributed by atoms with van der Waals surface area (Å²) in [6.45, 7) is 3.07. The number of aromatic nitrogens is 2. The van der Waals surface area contributed by atoms with Crippen LogP contribution in [0.4, 0.5) is 6.01 Å². The summed E-state index contributed by atoms with van der Waals surface area (Å²) in [5, 5.41) is 7.77. The Morgan fingerprint density at radius 3 is 2.82 bits per heavy atom. The maximum Gasteiger partial charge on any atom is 0.318 e. The van der Waals surface area contributed by atoms with Crippen molar-refractivity contribution in [3.8, 4) is 0 Å². The Morgan fingerprint density at radius 2 is 2.18 bits per heavy atom. The molecule has 0 amide bonds. The Hall–Kier alpha value is -1.88. The van der Waals surface area contributed by atoms with Gasteiger partial charge >= 0.3 is 6.01 Å². The number of nitrogens with zero attached hydrogens (tertiary/aromatic N) is 3. The molecule has 90 valence electrons. The van der Waals surface area contributed by atoms with E-state index in [1.807, 2.05) is 18.0 Å². The monoisotopic (exact) mass is 232 g/mol. The number of aryl methyl sites for hydroxylation is 1. The highest BCUT2D eigenvalue weighted by Gasteiger charge is 2.10. The van der Waals surface area contributed by atoms with Crippen LogP contribution in [-0.2, 0) is 13.1 Å². The van der Waals surface area contributed by atoms with Gasteiger partial charge in [0.2, 0.25) is 5.89 Å². The molecule has 1 heterocycles. The van der Waals surface area contributed by atoms with Gasteiger partial charge < -0.3 is 15.1 Å². The molecule has 0 fully saturated rings. The number of hydrogen-bond acceptors (Lipinski definition) is 5. The lowest BCUT2D eigenvalue weighted by Gasteiger charge is -2.13. The van der Waals surface area contributed by atoms with Gasteiger partial charge in [0.15, 0.2) is 0 Å². The maximum atomic E-state index is 5.42. The van der Waals surface area contributed by atoms with Crippen LogP contribution in [0.15, 0.2) is 28.7 Å². The predicted molar refractivity (Wildman–Crippen MR) is 65.5 cm³/mol. The van der Waals surface area contributed by atoms with Gasteiger partial charge in [0.05, 0.1) is 6.54 Å². The van der Waals surface area contributed by atoms with Crippen LogP contribution in [-0.4, -0.2) is 17.2 Å². The Morgan fingerprint density at radius 1 is 1.35 bits per heavy atom. The summed E-state index contributed by atoms with van der Waals surface area (Å²) in [6, 6.07) is 8.81. The molecule has 0 bridgehead atoms. The van der Waals surface area contributed by atoms with E-state index < -0.39 is 0 Å². The van der Waals surface area contributed by atoms with Crippen molar-refractivity contribution in [2.45, 2.75) is 20.0 Å². The molecule has 0 saturated heterocycles. The van der Waals surface area contributed by atoms with Gasteiger partial charge in [-0.3, -0.25) is 0 Å². The molecule has 5 heteroatoms. The number of benzene rings is 1. The smallest absolute Gasteiger partial charge is 0.318 e. The molecule has 0 aliphatic carbocycles. The molecule has 2 N–H and O–H groups in total. The first-order chi connectivity index (χ1) is 8.19. The topological polar surface area (TPSA) is 68.2 Å². The second-order valence-corrected chi connectivity index (χ2v) is 4.03. The molecule has 2 aromatic rings. The van der Waals surface area contributed by atoms with Crippen molar-refractivity contribution in [1.82, 2.24) is 10.2 Å². The van der Waals surface area contributed by atoms with Crippen LogP contribution in [0.3, 0.4) is 0 Å². The van der Waals surface area contributed by atoms with Crippen LogP contribution in [0.1, 0.15) is 17.0 Å². The van der Waals surface area contributed by atoms with Gasteiger partial charge in [0, 0.05) is 13.6 Å². The number of anilines is 1. The van der Waals surface area contributed by atoms with E-state index in [1.165, 1.54) is 11.1 Å². The lowest BCUT2D eigenvalue weighted by Crippen LogP contribution is -2.16. The van der Waals surface area contributed by atoms with Gasteiger partial charge in [0.25, 0.3) is 0 Å². The molecule has 2 rings (SSSR count). The molecule has 0 saturated carbocycles. The van der Waals surface area contributed by atoms with E-state index in [1.54, 1.807) is 0 Å². The van der Waals surface area contributed by atoms with Crippen molar-refractivity contribution in [1.29, 1.82) is 0 Å². The maximum absolute atomic E-state index is 5.42. The quantitative estimate of drug-likeness (QED) is 0.864. The lowest BCUT2D eigenvalue weighted by atomic mass is 10.1. The summed E-state index contributed by atoms with van der Waals surface area (Å²) in [6.07, 6.45) is 0. The standard InChI is InChI=1S/C12H16N4O/c1-9-4-3-5-10(6-9)8-16(2)12-15-14-11(7-13)17-12/h3-6H,7-8,13H2,1-2H3. The van der Waals surface area contributed by atoms with E-state index in [-0.39, 0.29) is 6.54 Å². The predicted octanol–water partition coefficient (Wildman–Crippen LogP) is 1.47. The average molecular weight is 232 g/mol. The lowest BCUT2D eigenvalue weighted by molar-refractivity contribution is 0.491. The van der Waals surface area contributed by atoms with Crippen LogP contribution < -0.4 is 10.6 Å². The van der Waals surface area contributed by atoms with Crippen molar-refractivity contribution >= 4 is 6.01 Å². The Balaban J connectivity index is 2.08. The molecule has 0 radical (unpaired) electrons. The third-order valence-electron chi connectivity index (χ3n) is 2.46. The van der Waals surface area contributed by atoms with E-state index in [0.29, 0.717) is 11.9 Å². The van der Waals surface area contributed by atoms with Crippen LogP contribution in [0.5, 0.6) is 0 Å². The molecular formula is C12H16N4O. The summed E-state index contributed by atoms with van der Waals surface area (Å²) in [5.41, 5.74) is 7.87. The molecular weight excluding hydrogens is 216 g/mol. The summed E-state index contributed by atoms with van der Waals surface area (Å²) in [7, 11) is 1.91. The van der Waals surface area contributed by atoms with Gasteiger partial charge in [-0.2, -0.15) is 0 Å². The van der Waals surface area contributed by atoms with E-state index in [9.17, 15) is 0 Å². The van der Waals surface area contributed by atoms with Crippen LogP contribution >= 0.6 is 0 Å². The van der Waals surface area contributed by atoms with E-state index in [0.717, 1.165) is 6.54 Å². The van der Waals surface area contributed by atoms with Crippen molar-refractivity contribution in [3.63, 3.8) is 0 Å². The molecule has 1 aromatic heterocycles. The van der Waals surface area contributed by atoms with Gasteiger partial charge in [-0.15, -0.1) is 5.10 Å². The zero-order valence-corrected chi connectivity index (χ0v) is 10.1. The fourth-order valence-corrected chi connectivity index (χ4v) is 1.63. The van der Waals surface area contributed by atoms with Gasteiger partial charge in [-0.05, 0) is 12.5 Å². The second-order valence-electron chi connectivity index (χ2n) is 4.03. The van der Waals surface area contributed by atoms with Gasteiger partial charge in [-0.25, -0.2) is 0 Å². The molecule has 0 aliphatic rings. The zero-order chi connectivity index (χ0) is 12.3. The summed E-state index contributed by atoms with van der Waals surface area (Å²) in [5.74, 6) is 0.455. The Kier molecular flexibility index (Phi) is 3.39. The molecule has 0 atom stereocenters. The first-order valence-corrected chi connectivity index (χ1v) is 5.48. The highest BCUT2D eigenvalue weighted by molar-refractivity contribution is 5.29. The minimum Gasteiger partial charge on any atom is -0.407 e. The highest BCUT2D eigenvalue weighted by atomic mass is 16.4. The molecule has 0 spiro atoms. The molecule has 0 unspecified atom stereocenters. The molecule has 0 aliphatic heterocycles. The second kappa shape index (κ2) is 4.97. The highest BCUT2D eigenvalue weighted by Crippen LogP contribution is 2.14. The fraction of sp³-hybridized carbons (Fsp3) is 0.333. The van der Waals surface area contributed by atoms with Crippen molar-refractivity contribution < 1.29 is 4.42 Å². The average Bonchev–Trinajstić information content (AvgIpc) is 2.77. The molecule has 17 heavy (non-hydrogen) atoms. The number of nitrogens with two attached hydrogens (primary N) is 1. The van der Waals surface area contributed by atoms with E-state index >= 15 is 0 Å². The van der Waals surface area contributed by atoms with Gasteiger partial charge in [0.1, 0.15) is 0 Å². The first-order valence-electron chi connectivity index (χ1n) is 5.48.